The molecule has 0 aliphatic heterocycles. The predicted molar refractivity (Wildman–Crippen MR) is 47.4 cm³/mol. The van der Waals surface area contributed by atoms with E-state index in [1.54, 1.807) is 11.8 Å². The Morgan fingerprint density at radius 2 is 2.58 bits per heavy atom. The molecule has 0 radical (unpaired) electrons. The second-order valence-electron chi connectivity index (χ2n) is 2.17. The fraction of sp³-hybridized carbons (Fsp3) is 0.429. The molecular weight excluding hydrogens is 176 g/mol. The smallest absolute Gasteiger partial charge is 0.356 e. The number of hydrogen-bond donors (Lipinski definition) is 2. The minimum atomic E-state index is -0.969. The Hall–Kier alpha value is -0.970. The molecule has 0 aromatic carbocycles. The fourth-order valence-corrected chi connectivity index (χ4v) is 1.45. The molecule has 4 nitrogen and oxygen atoms in total. The number of carboxylic acid groups (broad SMARTS) is 1. The van der Waals surface area contributed by atoms with Crippen molar-refractivity contribution < 1.29 is 9.90 Å². The average molecular weight is 186 g/mol. The van der Waals surface area contributed by atoms with Crippen LogP contribution in [0.1, 0.15) is 23.1 Å². The quantitative estimate of drug-likeness (QED) is 0.745. The van der Waals surface area contributed by atoms with Gasteiger partial charge in [0, 0.05) is 5.75 Å². The topological polar surface area (TPSA) is 66.0 Å². The van der Waals surface area contributed by atoms with E-state index < -0.39 is 5.97 Å². The van der Waals surface area contributed by atoms with Crippen LogP contribution in [0.5, 0.6) is 0 Å². The zero-order chi connectivity index (χ0) is 8.97. The van der Waals surface area contributed by atoms with Gasteiger partial charge < -0.3 is 10.1 Å². The lowest BCUT2D eigenvalue weighted by atomic mass is 10.3. The maximum Gasteiger partial charge on any atom is 0.356 e. The number of imidazole rings is 1. The molecule has 0 fully saturated rings. The third-order valence-electron chi connectivity index (χ3n) is 1.37. The molecular formula is C7H10N2O2S. The normalized spacial score (nSPS) is 10.1. The summed E-state index contributed by atoms with van der Waals surface area (Å²) in [5.41, 5.74) is 0.824. The molecule has 0 aliphatic carbocycles. The number of thioether (sulfide) groups is 1. The minimum Gasteiger partial charge on any atom is -0.476 e. The van der Waals surface area contributed by atoms with Crippen molar-refractivity contribution in [2.75, 3.05) is 5.75 Å². The van der Waals surface area contributed by atoms with Crippen molar-refractivity contribution in [1.82, 2.24) is 9.97 Å². The van der Waals surface area contributed by atoms with Crippen molar-refractivity contribution in [2.24, 2.45) is 0 Å². The van der Waals surface area contributed by atoms with E-state index >= 15 is 0 Å². The molecule has 5 heteroatoms. The van der Waals surface area contributed by atoms with E-state index in [0.29, 0.717) is 11.4 Å². The Kier molecular flexibility index (Phi) is 3.16. The third-order valence-corrected chi connectivity index (χ3v) is 2.27. The highest BCUT2D eigenvalue weighted by atomic mass is 32.2. The zero-order valence-corrected chi connectivity index (χ0v) is 7.52. The summed E-state index contributed by atoms with van der Waals surface area (Å²) in [5, 5.41) is 8.66. The van der Waals surface area contributed by atoms with Gasteiger partial charge in [-0.15, -0.1) is 0 Å². The van der Waals surface area contributed by atoms with E-state index in [1.165, 1.54) is 6.33 Å². The molecule has 1 heterocycles. The lowest BCUT2D eigenvalue weighted by molar-refractivity contribution is 0.0690. The molecule has 0 amide bonds. The number of nitrogens with one attached hydrogen (secondary N) is 1. The van der Waals surface area contributed by atoms with Crippen molar-refractivity contribution in [3.8, 4) is 0 Å². The highest BCUT2D eigenvalue weighted by Crippen LogP contribution is 2.12. The SMILES string of the molecule is CCSCc1[nH]cnc1C(=O)O. The summed E-state index contributed by atoms with van der Waals surface area (Å²) in [7, 11) is 0. The van der Waals surface area contributed by atoms with Gasteiger partial charge in [-0.25, -0.2) is 9.78 Å². The molecule has 0 atom stereocenters. The van der Waals surface area contributed by atoms with Gasteiger partial charge >= 0.3 is 5.97 Å². The number of carboxylic acids is 1. The maximum atomic E-state index is 10.6. The van der Waals surface area contributed by atoms with Crippen LogP contribution in [0, 0.1) is 0 Å². The first-order chi connectivity index (χ1) is 5.75. The van der Waals surface area contributed by atoms with Gasteiger partial charge in [-0.1, -0.05) is 6.92 Å². The summed E-state index contributed by atoms with van der Waals surface area (Å²) in [6.45, 7) is 2.03. The first-order valence-electron chi connectivity index (χ1n) is 3.59. The number of rotatable bonds is 4. The van der Waals surface area contributed by atoms with Crippen LogP contribution in [0.3, 0.4) is 0 Å². The van der Waals surface area contributed by atoms with Crippen LogP contribution >= 0.6 is 11.8 Å². The van der Waals surface area contributed by atoms with Crippen LogP contribution in [-0.4, -0.2) is 26.8 Å². The van der Waals surface area contributed by atoms with Crippen LogP contribution in [0.4, 0.5) is 0 Å². The Balaban J connectivity index is 2.70. The average Bonchev–Trinajstić information content (AvgIpc) is 2.48. The summed E-state index contributed by atoms with van der Waals surface area (Å²) >= 11 is 1.66. The molecule has 1 rings (SSSR count). The molecule has 66 valence electrons. The van der Waals surface area contributed by atoms with Gasteiger partial charge in [-0.3, -0.25) is 0 Å². The minimum absolute atomic E-state index is 0.135. The van der Waals surface area contributed by atoms with Crippen molar-refractivity contribution in [2.45, 2.75) is 12.7 Å². The number of aromatic carboxylic acids is 1. The number of aromatic amines is 1. The van der Waals surface area contributed by atoms with E-state index in [9.17, 15) is 4.79 Å². The molecule has 0 saturated carbocycles. The van der Waals surface area contributed by atoms with Gasteiger partial charge in [0.25, 0.3) is 0 Å². The monoisotopic (exact) mass is 186 g/mol. The van der Waals surface area contributed by atoms with Crippen molar-refractivity contribution in [3.63, 3.8) is 0 Å². The van der Waals surface area contributed by atoms with Crippen LogP contribution in [0.25, 0.3) is 0 Å². The van der Waals surface area contributed by atoms with Crippen LogP contribution in [0.15, 0.2) is 6.33 Å². The second-order valence-corrected chi connectivity index (χ2v) is 3.45. The fourth-order valence-electron chi connectivity index (χ4n) is 0.819. The van der Waals surface area contributed by atoms with E-state index in [1.807, 2.05) is 6.92 Å². The van der Waals surface area contributed by atoms with E-state index in [2.05, 4.69) is 9.97 Å². The van der Waals surface area contributed by atoms with E-state index in [0.717, 1.165) is 5.75 Å². The van der Waals surface area contributed by atoms with Crippen LogP contribution < -0.4 is 0 Å². The van der Waals surface area contributed by atoms with E-state index in [-0.39, 0.29) is 5.69 Å². The Bertz CT molecular complexity index is 272. The number of hydrogen-bond acceptors (Lipinski definition) is 3. The van der Waals surface area contributed by atoms with Gasteiger partial charge in [0.2, 0.25) is 0 Å². The molecule has 2 N–H and O–H groups in total. The number of carbonyl (C=O) groups is 1. The summed E-state index contributed by atoms with van der Waals surface area (Å²) in [4.78, 5) is 17.1. The molecule has 0 unspecified atom stereocenters. The standard InChI is InChI=1S/C7H10N2O2S/c1-2-12-3-5-6(7(10)11)9-4-8-5/h4H,2-3H2,1H3,(H,8,9)(H,10,11). The summed E-state index contributed by atoms with van der Waals surface area (Å²) in [6, 6.07) is 0. The number of nitrogens with zero attached hydrogens (tertiary/aromatic N) is 1. The predicted octanol–water partition coefficient (Wildman–Crippen LogP) is 1.36. The molecule has 12 heavy (non-hydrogen) atoms. The van der Waals surface area contributed by atoms with Gasteiger partial charge in [-0.05, 0) is 5.75 Å². The van der Waals surface area contributed by atoms with E-state index in [4.69, 9.17) is 5.11 Å². The van der Waals surface area contributed by atoms with Crippen molar-refractivity contribution in [1.29, 1.82) is 0 Å². The molecule has 0 aliphatic rings. The first-order valence-corrected chi connectivity index (χ1v) is 4.74. The molecule has 0 saturated heterocycles. The van der Waals surface area contributed by atoms with Crippen LogP contribution in [-0.2, 0) is 5.75 Å². The van der Waals surface area contributed by atoms with Gasteiger partial charge in [-0.2, -0.15) is 11.8 Å². The largest absolute Gasteiger partial charge is 0.476 e. The molecule has 0 spiro atoms. The highest BCUT2D eigenvalue weighted by molar-refractivity contribution is 7.98. The second kappa shape index (κ2) is 4.15. The van der Waals surface area contributed by atoms with Gasteiger partial charge in [0.1, 0.15) is 0 Å². The molecule has 0 bridgehead atoms. The third kappa shape index (κ3) is 2.01. The molecule has 1 aromatic rings. The first kappa shape index (κ1) is 9.12. The number of H-pyrrole nitrogens is 1. The molecule has 1 aromatic heterocycles. The Morgan fingerprint density at radius 3 is 3.17 bits per heavy atom. The van der Waals surface area contributed by atoms with Gasteiger partial charge in [0.15, 0.2) is 5.69 Å². The lowest BCUT2D eigenvalue weighted by Gasteiger charge is -1.96. The van der Waals surface area contributed by atoms with Crippen molar-refractivity contribution >= 4 is 17.7 Å². The highest BCUT2D eigenvalue weighted by Gasteiger charge is 2.11. The van der Waals surface area contributed by atoms with Crippen molar-refractivity contribution in [3.05, 3.63) is 17.7 Å². The summed E-state index contributed by atoms with van der Waals surface area (Å²) in [6.07, 6.45) is 1.41. The maximum absolute atomic E-state index is 10.6. The van der Waals surface area contributed by atoms with Crippen LogP contribution in [0.2, 0.25) is 0 Å². The Labute approximate surface area is 74.4 Å². The Morgan fingerprint density at radius 1 is 1.83 bits per heavy atom. The summed E-state index contributed by atoms with van der Waals surface area (Å²) in [5.74, 6) is 0.680. The van der Waals surface area contributed by atoms with Gasteiger partial charge in [0.05, 0.1) is 12.0 Å². The zero-order valence-electron chi connectivity index (χ0n) is 6.70. The summed E-state index contributed by atoms with van der Waals surface area (Å²) < 4.78 is 0. The lowest BCUT2D eigenvalue weighted by Crippen LogP contribution is -2.00. The number of aromatic nitrogens is 2.